The Morgan fingerprint density at radius 3 is 3.00 bits per heavy atom. The SMILES string of the molecule is CC(C)(C)c1cc(NC(=O)C2CCCc3sccc32)n[nH]1. The second-order valence-electron chi connectivity index (χ2n) is 6.65. The van der Waals surface area contributed by atoms with Crippen molar-refractivity contribution in [1.82, 2.24) is 10.2 Å². The molecule has 1 atom stereocenters. The van der Waals surface area contributed by atoms with Gasteiger partial charge in [-0.25, -0.2) is 0 Å². The standard InChI is InChI=1S/C16H21N3OS/c1-16(2,3)13-9-14(19-18-13)17-15(20)11-5-4-6-12-10(11)7-8-21-12/h7-9,11H,4-6H2,1-3H3,(H2,17,18,19,20). The summed E-state index contributed by atoms with van der Waals surface area (Å²) in [6.07, 6.45) is 3.11. The van der Waals surface area contributed by atoms with Crippen molar-refractivity contribution in [2.24, 2.45) is 0 Å². The van der Waals surface area contributed by atoms with Crippen molar-refractivity contribution in [3.63, 3.8) is 0 Å². The Morgan fingerprint density at radius 2 is 2.29 bits per heavy atom. The molecule has 2 aromatic heterocycles. The van der Waals surface area contributed by atoms with Gasteiger partial charge in [0.05, 0.1) is 5.92 Å². The number of nitrogens with one attached hydrogen (secondary N) is 2. The van der Waals surface area contributed by atoms with Gasteiger partial charge in [-0.05, 0) is 36.3 Å². The minimum Gasteiger partial charge on any atom is -0.309 e. The van der Waals surface area contributed by atoms with Gasteiger partial charge >= 0.3 is 0 Å². The molecule has 1 unspecified atom stereocenters. The molecule has 0 fully saturated rings. The second kappa shape index (κ2) is 5.30. The third-order valence-corrected chi connectivity index (χ3v) is 5.00. The molecule has 112 valence electrons. The number of anilines is 1. The van der Waals surface area contributed by atoms with Crippen LogP contribution in [0.3, 0.4) is 0 Å². The Morgan fingerprint density at radius 1 is 1.48 bits per heavy atom. The third-order valence-electron chi connectivity index (χ3n) is 4.01. The summed E-state index contributed by atoms with van der Waals surface area (Å²) < 4.78 is 0. The summed E-state index contributed by atoms with van der Waals surface area (Å²) in [6, 6.07) is 4.02. The Labute approximate surface area is 129 Å². The largest absolute Gasteiger partial charge is 0.309 e. The number of rotatable bonds is 2. The van der Waals surface area contributed by atoms with Gasteiger partial charge in [-0.15, -0.1) is 11.3 Å². The number of aryl methyl sites for hydroxylation is 1. The van der Waals surface area contributed by atoms with Crippen molar-refractivity contribution in [2.75, 3.05) is 5.32 Å². The first-order chi connectivity index (χ1) is 9.95. The summed E-state index contributed by atoms with van der Waals surface area (Å²) in [5, 5.41) is 12.3. The minimum atomic E-state index is -0.0326. The van der Waals surface area contributed by atoms with Crippen LogP contribution in [0, 0.1) is 0 Å². The monoisotopic (exact) mass is 303 g/mol. The quantitative estimate of drug-likeness (QED) is 0.886. The molecule has 21 heavy (non-hydrogen) atoms. The second-order valence-corrected chi connectivity index (χ2v) is 7.65. The fourth-order valence-electron chi connectivity index (χ4n) is 2.74. The van der Waals surface area contributed by atoms with E-state index in [0.29, 0.717) is 5.82 Å². The van der Waals surface area contributed by atoms with Gasteiger partial charge < -0.3 is 5.32 Å². The molecule has 3 rings (SSSR count). The Balaban J connectivity index is 1.75. The number of thiophene rings is 1. The van der Waals surface area contributed by atoms with Gasteiger partial charge in [0.25, 0.3) is 0 Å². The summed E-state index contributed by atoms with van der Waals surface area (Å²) in [5.41, 5.74) is 2.23. The van der Waals surface area contributed by atoms with Gasteiger partial charge in [-0.3, -0.25) is 9.89 Å². The van der Waals surface area contributed by atoms with Crippen LogP contribution in [0.4, 0.5) is 5.82 Å². The molecule has 4 nitrogen and oxygen atoms in total. The highest BCUT2D eigenvalue weighted by molar-refractivity contribution is 7.10. The highest BCUT2D eigenvalue weighted by Gasteiger charge is 2.28. The smallest absolute Gasteiger partial charge is 0.233 e. The van der Waals surface area contributed by atoms with Gasteiger partial charge in [-0.2, -0.15) is 5.10 Å². The van der Waals surface area contributed by atoms with E-state index in [1.165, 1.54) is 10.4 Å². The van der Waals surface area contributed by atoms with Gasteiger partial charge in [0.1, 0.15) is 0 Å². The third kappa shape index (κ3) is 2.88. The molecule has 2 heterocycles. The Bertz CT molecular complexity index is 651. The fourth-order valence-corrected chi connectivity index (χ4v) is 3.73. The number of hydrogen-bond acceptors (Lipinski definition) is 3. The lowest BCUT2D eigenvalue weighted by Crippen LogP contribution is -2.24. The molecule has 0 bridgehead atoms. The maximum absolute atomic E-state index is 12.5. The van der Waals surface area contributed by atoms with E-state index in [0.717, 1.165) is 25.0 Å². The normalized spacial score (nSPS) is 18.3. The van der Waals surface area contributed by atoms with Crippen LogP contribution in [0.2, 0.25) is 0 Å². The first kappa shape index (κ1) is 14.3. The van der Waals surface area contributed by atoms with E-state index in [4.69, 9.17) is 0 Å². The van der Waals surface area contributed by atoms with Crippen molar-refractivity contribution < 1.29 is 4.79 Å². The average Bonchev–Trinajstić information content (AvgIpc) is 3.05. The van der Waals surface area contributed by atoms with E-state index in [2.05, 4.69) is 47.7 Å². The lowest BCUT2D eigenvalue weighted by atomic mass is 9.87. The molecule has 5 heteroatoms. The molecule has 2 N–H and O–H groups in total. The first-order valence-electron chi connectivity index (χ1n) is 7.38. The number of fused-ring (bicyclic) bond motifs is 1. The lowest BCUT2D eigenvalue weighted by molar-refractivity contribution is -0.117. The van der Waals surface area contributed by atoms with Gasteiger partial charge in [0, 0.05) is 22.1 Å². The Kier molecular flexibility index (Phi) is 3.61. The minimum absolute atomic E-state index is 0.00133. The van der Waals surface area contributed by atoms with Crippen LogP contribution in [-0.2, 0) is 16.6 Å². The van der Waals surface area contributed by atoms with Crippen LogP contribution in [0.1, 0.15) is 55.7 Å². The Hall–Kier alpha value is -1.62. The van der Waals surface area contributed by atoms with Gasteiger partial charge in [-0.1, -0.05) is 20.8 Å². The lowest BCUT2D eigenvalue weighted by Gasteiger charge is -2.21. The molecular formula is C16H21N3OS. The van der Waals surface area contributed by atoms with Crippen LogP contribution < -0.4 is 5.32 Å². The van der Waals surface area contributed by atoms with E-state index in [9.17, 15) is 4.79 Å². The van der Waals surface area contributed by atoms with E-state index < -0.39 is 0 Å². The van der Waals surface area contributed by atoms with Crippen molar-refractivity contribution in [2.45, 2.75) is 51.4 Å². The number of nitrogens with zero attached hydrogens (tertiary/aromatic N) is 1. The van der Waals surface area contributed by atoms with E-state index in [1.54, 1.807) is 11.3 Å². The van der Waals surface area contributed by atoms with E-state index >= 15 is 0 Å². The van der Waals surface area contributed by atoms with E-state index in [1.807, 2.05) is 6.07 Å². The topological polar surface area (TPSA) is 57.8 Å². The molecule has 1 aliphatic carbocycles. The van der Waals surface area contributed by atoms with Gasteiger partial charge in [0.15, 0.2) is 5.82 Å². The molecule has 0 aliphatic heterocycles. The molecule has 1 amide bonds. The van der Waals surface area contributed by atoms with Crippen LogP contribution in [0.25, 0.3) is 0 Å². The van der Waals surface area contributed by atoms with Gasteiger partial charge in [0.2, 0.25) is 5.91 Å². The number of hydrogen-bond donors (Lipinski definition) is 2. The summed E-state index contributed by atoms with van der Waals surface area (Å²) in [7, 11) is 0. The summed E-state index contributed by atoms with van der Waals surface area (Å²) in [6.45, 7) is 6.35. The summed E-state index contributed by atoms with van der Waals surface area (Å²) in [5.74, 6) is 0.642. The number of amides is 1. The molecule has 0 radical (unpaired) electrons. The predicted molar refractivity (Wildman–Crippen MR) is 85.9 cm³/mol. The molecule has 2 aromatic rings. The van der Waals surface area contributed by atoms with Crippen LogP contribution >= 0.6 is 11.3 Å². The predicted octanol–water partition coefficient (Wildman–Crippen LogP) is 3.83. The molecule has 0 aromatic carbocycles. The summed E-state index contributed by atoms with van der Waals surface area (Å²) >= 11 is 1.76. The van der Waals surface area contributed by atoms with E-state index in [-0.39, 0.29) is 17.2 Å². The highest BCUT2D eigenvalue weighted by Crippen LogP contribution is 2.35. The highest BCUT2D eigenvalue weighted by atomic mass is 32.1. The van der Waals surface area contributed by atoms with Crippen molar-refractivity contribution >= 4 is 23.1 Å². The zero-order chi connectivity index (χ0) is 15.0. The summed E-state index contributed by atoms with van der Waals surface area (Å²) in [4.78, 5) is 13.9. The number of aromatic amines is 1. The maximum atomic E-state index is 12.5. The molecule has 1 aliphatic rings. The first-order valence-corrected chi connectivity index (χ1v) is 8.26. The average molecular weight is 303 g/mol. The van der Waals surface area contributed by atoms with Crippen molar-refractivity contribution in [3.05, 3.63) is 33.6 Å². The zero-order valence-corrected chi connectivity index (χ0v) is 13.5. The zero-order valence-electron chi connectivity index (χ0n) is 12.7. The van der Waals surface area contributed by atoms with Crippen LogP contribution in [-0.4, -0.2) is 16.1 Å². The van der Waals surface area contributed by atoms with Crippen LogP contribution in [0.15, 0.2) is 17.5 Å². The van der Waals surface area contributed by atoms with Crippen molar-refractivity contribution in [1.29, 1.82) is 0 Å². The maximum Gasteiger partial charge on any atom is 0.233 e. The molecule has 0 spiro atoms. The number of aromatic nitrogens is 2. The van der Waals surface area contributed by atoms with Crippen LogP contribution in [0.5, 0.6) is 0 Å². The molecular weight excluding hydrogens is 282 g/mol. The van der Waals surface area contributed by atoms with Crippen molar-refractivity contribution in [3.8, 4) is 0 Å². The number of carbonyl (C=O) groups excluding carboxylic acids is 1. The number of carbonyl (C=O) groups is 1. The molecule has 0 saturated heterocycles. The number of H-pyrrole nitrogens is 1. The fraction of sp³-hybridized carbons (Fsp3) is 0.500. The molecule has 0 saturated carbocycles.